The van der Waals surface area contributed by atoms with Crippen molar-refractivity contribution >= 4 is 43.6 Å². The van der Waals surface area contributed by atoms with Crippen molar-refractivity contribution < 1.29 is 4.79 Å². The molecule has 0 fully saturated rings. The van der Waals surface area contributed by atoms with Crippen LogP contribution in [-0.2, 0) is 6.54 Å². The molecule has 7 heteroatoms. The number of para-hydroxylation sites is 1. The van der Waals surface area contributed by atoms with E-state index >= 15 is 0 Å². The van der Waals surface area contributed by atoms with Crippen molar-refractivity contribution in [2.75, 3.05) is 5.32 Å². The standard InChI is InChI=1S/C22H17N5OS/c1-2-27-20-16(13-23-27)15(12-18(24-20)14-8-4-3-5-9-14)21(28)26-22-25-17-10-6-7-11-19(17)29-22/h3-13H,2H2,1H3,(H,25,26,28). The van der Waals surface area contributed by atoms with Crippen LogP contribution in [0.15, 0.2) is 66.9 Å². The van der Waals surface area contributed by atoms with E-state index in [2.05, 4.69) is 15.4 Å². The highest BCUT2D eigenvalue weighted by Crippen LogP contribution is 2.28. The first kappa shape index (κ1) is 17.5. The van der Waals surface area contributed by atoms with Crippen LogP contribution in [0.25, 0.3) is 32.5 Å². The molecule has 142 valence electrons. The van der Waals surface area contributed by atoms with Crippen LogP contribution in [0.1, 0.15) is 17.3 Å². The van der Waals surface area contributed by atoms with Crippen LogP contribution in [0.4, 0.5) is 5.13 Å². The molecule has 2 aromatic carbocycles. The number of anilines is 1. The van der Waals surface area contributed by atoms with Crippen molar-refractivity contribution in [1.29, 1.82) is 0 Å². The van der Waals surface area contributed by atoms with Gasteiger partial charge in [0, 0.05) is 12.1 Å². The van der Waals surface area contributed by atoms with E-state index in [9.17, 15) is 4.79 Å². The molecule has 1 N–H and O–H groups in total. The number of hydrogen-bond acceptors (Lipinski definition) is 5. The Balaban J connectivity index is 1.60. The van der Waals surface area contributed by atoms with Gasteiger partial charge in [0.15, 0.2) is 10.8 Å². The molecule has 29 heavy (non-hydrogen) atoms. The first-order chi connectivity index (χ1) is 14.2. The van der Waals surface area contributed by atoms with E-state index in [1.165, 1.54) is 11.3 Å². The molecule has 0 atom stereocenters. The predicted octanol–water partition coefficient (Wildman–Crippen LogP) is 4.98. The first-order valence-corrected chi connectivity index (χ1v) is 10.1. The zero-order valence-corrected chi connectivity index (χ0v) is 16.5. The molecule has 0 aliphatic rings. The van der Waals surface area contributed by atoms with E-state index in [-0.39, 0.29) is 5.91 Å². The van der Waals surface area contributed by atoms with Gasteiger partial charge in [0.25, 0.3) is 5.91 Å². The average molecular weight is 399 g/mol. The molecule has 0 aliphatic carbocycles. The lowest BCUT2D eigenvalue weighted by Gasteiger charge is -2.08. The lowest BCUT2D eigenvalue weighted by Crippen LogP contribution is -2.13. The van der Waals surface area contributed by atoms with Crippen molar-refractivity contribution in [2.45, 2.75) is 13.5 Å². The Hall–Kier alpha value is -3.58. The Labute approximate surface area is 170 Å². The number of carbonyl (C=O) groups excluding carboxylic acids is 1. The third kappa shape index (κ3) is 3.15. The highest BCUT2D eigenvalue weighted by molar-refractivity contribution is 7.22. The van der Waals surface area contributed by atoms with Crippen LogP contribution >= 0.6 is 11.3 Å². The minimum absolute atomic E-state index is 0.218. The predicted molar refractivity (Wildman–Crippen MR) is 116 cm³/mol. The first-order valence-electron chi connectivity index (χ1n) is 9.32. The Morgan fingerprint density at radius 3 is 2.66 bits per heavy atom. The van der Waals surface area contributed by atoms with Gasteiger partial charge in [0.2, 0.25) is 0 Å². The van der Waals surface area contributed by atoms with E-state index in [0.29, 0.717) is 22.9 Å². The largest absolute Gasteiger partial charge is 0.298 e. The van der Waals surface area contributed by atoms with Gasteiger partial charge in [-0.25, -0.2) is 14.6 Å². The van der Waals surface area contributed by atoms with Gasteiger partial charge in [-0.05, 0) is 25.1 Å². The number of benzene rings is 2. The maximum Gasteiger partial charge on any atom is 0.258 e. The summed E-state index contributed by atoms with van der Waals surface area (Å²) in [6, 6.07) is 19.5. The van der Waals surface area contributed by atoms with Crippen LogP contribution < -0.4 is 5.32 Å². The molecular weight excluding hydrogens is 382 g/mol. The van der Waals surface area contributed by atoms with E-state index in [1.807, 2.05) is 67.6 Å². The zero-order chi connectivity index (χ0) is 19.8. The summed E-state index contributed by atoms with van der Waals surface area (Å²) in [5.74, 6) is -0.218. The van der Waals surface area contributed by atoms with Crippen LogP contribution in [0.3, 0.4) is 0 Å². The van der Waals surface area contributed by atoms with Crippen molar-refractivity contribution in [3.63, 3.8) is 0 Å². The Morgan fingerprint density at radius 1 is 1.07 bits per heavy atom. The minimum Gasteiger partial charge on any atom is -0.298 e. The molecule has 0 spiro atoms. The van der Waals surface area contributed by atoms with E-state index in [0.717, 1.165) is 26.9 Å². The van der Waals surface area contributed by atoms with E-state index < -0.39 is 0 Å². The Morgan fingerprint density at radius 2 is 1.86 bits per heavy atom. The molecule has 0 unspecified atom stereocenters. The van der Waals surface area contributed by atoms with E-state index in [1.54, 1.807) is 10.9 Å². The number of nitrogens with one attached hydrogen (secondary N) is 1. The van der Waals surface area contributed by atoms with Crippen LogP contribution in [0, 0.1) is 0 Å². The normalized spacial score (nSPS) is 11.2. The molecule has 0 saturated heterocycles. The zero-order valence-electron chi connectivity index (χ0n) is 15.7. The number of fused-ring (bicyclic) bond motifs is 2. The number of aromatic nitrogens is 4. The monoisotopic (exact) mass is 399 g/mol. The van der Waals surface area contributed by atoms with Crippen LogP contribution in [0.5, 0.6) is 0 Å². The summed E-state index contributed by atoms with van der Waals surface area (Å²) >= 11 is 1.46. The molecule has 3 aromatic heterocycles. The fraction of sp³-hybridized carbons (Fsp3) is 0.0909. The quantitative estimate of drug-likeness (QED) is 0.463. The molecule has 0 aliphatic heterocycles. The highest BCUT2D eigenvalue weighted by atomic mass is 32.1. The van der Waals surface area contributed by atoms with Crippen LogP contribution in [0.2, 0.25) is 0 Å². The molecule has 5 aromatic rings. The molecule has 1 amide bonds. The third-order valence-electron chi connectivity index (χ3n) is 4.74. The Bertz CT molecular complexity index is 1310. The smallest absolute Gasteiger partial charge is 0.258 e. The Kier molecular flexibility index (Phi) is 4.29. The molecule has 5 rings (SSSR count). The van der Waals surface area contributed by atoms with Gasteiger partial charge >= 0.3 is 0 Å². The maximum atomic E-state index is 13.2. The number of pyridine rings is 1. The second-order valence-corrected chi connectivity index (χ2v) is 7.59. The van der Waals surface area contributed by atoms with Gasteiger partial charge in [-0.3, -0.25) is 10.1 Å². The summed E-state index contributed by atoms with van der Waals surface area (Å²) in [7, 11) is 0. The van der Waals surface area contributed by atoms with Gasteiger partial charge in [-0.15, -0.1) is 0 Å². The fourth-order valence-corrected chi connectivity index (χ4v) is 4.17. The number of hydrogen-bond donors (Lipinski definition) is 1. The number of nitrogens with zero attached hydrogens (tertiary/aromatic N) is 4. The van der Waals surface area contributed by atoms with Crippen molar-refractivity contribution in [3.8, 4) is 11.3 Å². The number of thiazole rings is 1. The van der Waals surface area contributed by atoms with Crippen molar-refractivity contribution in [2.24, 2.45) is 0 Å². The number of rotatable bonds is 4. The molecule has 0 bridgehead atoms. The number of aryl methyl sites for hydroxylation is 1. The molecule has 3 heterocycles. The summed E-state index contributed by atoms with van der Waals surface area (Å²) in [5.41, 5.74) is 3.79. The average Bonchev–Trinajstić information content (AvgIpc) is 3.36. The molecule has 0 radical (unpaired) electrons. The van der Waals surface area contributed by atoms with Gasteiger partial charge in [0.1, 0.15) is 0 Å². The summed E-state index contributed by atoms with van der Waals surface area (Å²) in [5, 5.41) is 8.65. The summed E-state index contributed by atoms with van der Waals surface area (Å²) in [4.78, 5) is 22.5. The maximum absolute atomic E-state index is 13.2. The summed E-state index contributed by atoms with van der Waals surface area (Å²) in [6.07, 6.45) is 1.70. The second kappa shape index (κ2) is 7.10. The van der Waals surface area contributed by atoms with Gasteiger partial charge in [-0.2, -0.15) is 5.10 Å². The van der Waals surface area contributed by atoms with Gasteiger partial charge in [0.05, 0.1) is 33.1 Å². The number of carbonyl (C=O) groups is 1. The molecule has 0 saturated carbocycles. The van der Waals surface area contributed by atoms with Gasteiger partial charge in [-0.1, -0.05) is 53.8 Å². The lowest BCUT2D eigenvalue weighted by atomic mass is 10.1. The van der Waals surface area contributed by atoms with Crippen molar-refractivity contribution in [1.82, 2.24) is 19.7 Å². The van der Waals surface area contributed by atoms with Crippen molar-refractivity contribution in [3.05, 3.63) is 72.4 Å². The fourth-order valence-electron chi connectivity index (χ4n) is 3.31. The second-order valence-electron chi connectivity index (χ2n) is 6.56. The minimum atomic E-state index is -0.218. The topological polar surface area (TPSA) is 72.7 Å². The highest BCUT2D eigenvalue weighted by Gasteiger charge is 2.18. The van der Waals surface area contributed by atoms with Crippen LogP contribution in [-0.4, -0.2) is 25.7 Å². The van der Waals surface area contributed by atoms with Gasteiger partial charge < -0.3 is 0 Å². The lowest BCUT2D eigenvalue weighted by molar-refractivity contribution is 0.102. The summed E-state index contributed by atoms with van der Waals surface area (Å²) < 4.78 is 2.84. The summed E-state index contributed by atoms with van der Waals surface area (Å²) in [6.45, 7) is 2.68. The molecule has 6 nitrogen and oxygen atoms in total. The molecular formula is C22H17N5OS. The third-order valence-corrected chi connectivity index (χ3v) is 5.69. The van der Waals surface area contributed by atoms with E-state index in [4.69, 9.17) is 4.98 Å². The number of amides is 1. The SMILES string of the molecule is CCn1ncc2c(C(=O)Nc3nc4ccccc4s3)cc(-c3ccccc3)nc21.